The molecule has 0 spiro atoms. The average molecular weight is 292 g/mol. The summed E-state index contributed by atoms with van der Waals surface area (Å²) >= 11 is 3.82. The van der Waals surface area contributed by atoms with E-state index in [1.54, 1.807) is 11.8 Å². The van der Waals surface area contributed by atoms with Crippen LogP contribution in [-0.4, -0.2) is 41.8 Å². The van der Waals surface area contributed by atoms with Crippen LogP contribution in [0.2, 0.25) is 0 Å². The van der Waals surface area contributed by atoms with Crippen LogP contribution in [-0.2, 0) is 0 Å². The summed E-state index contributed by atoms with van der Waals surface area (Å²) in [5.41, 5.74) is 1.45. The van der Waals surface area contributed by atoms with Crippen molar-refractivity contribution in [3.8, 4) is 6.07 Å². The van der Waals surface area contributed by atoms with E-state index in [0.29, 0.717) is 11.0 Å². The van der Waals surface area contributed by atoms with E-state index in [4.69, 9.17) is 5.26 Å². The number of nitriles is 1. The molecule has 0 aromatic heterocycles. The first-order valence-electron chi connectivity index (χ1n) is 6.74. The number of thioether (sulfide) groups is 2. The van der Waals surface area contributed by atoms with Crippen LogP contribution in [0.25, 0.3) is 0 Å². The van der Waals surface area contributed by atoms with E-state index in [1.165, 1.54) is 30.8 Å². The van der Waals surface area contributed by atoms with E-state index in [-0.39, 0.29) is 0 Å². The van der Waals surface area contributed by atoms with Crippen LogP contribution in [0.1, 0.15) is 17.2 Å². The smallest absolute Gasteiger partial charge is 0.0808 e. The van der Waals surface area contributed by atoms with E-state index in [1.807, 2.05) is 0 Å². The van der Waals surface area contributed by atoms with Gasteiger partial charge in [0.15, 0.2) is 0 Å². The first-order valence-corrected chi connectivity index (χ1v) is 8.94. The Hall–Kier alpha value is -0.630. The lowest BCUT2D eigenvalue weighted by atomic mass is 10.1. The van der Waals surface area contributed by atoms with Crippen molar-refractivity contribution in [2.24, 2.45) is 0 Å². The SMILES string of the molecule is N#CCSCCCN1CCS[C@@H](c2ccccc2)C1. The molecule has 4 heteroatoms. The molecule has 102 valence electrons. The lowest BCUT2D eigenvalue weighted by molar-refractivity contribution is 0.285. The third-order valence-electron chi connectivity index (χ3n) is 3.25. The predicted molar refractivity (Wildman–Crippen MR) is 85.6 cm³/mol. The molecule has 1 aromatic rings. The van der Waals surface area contributed by atoms with Crippen LogP contribution in [0.5, 0.6) is 0 Å². The molecule has 0 radical (unpaired) electrons. The molecule has 0 bridgehead atoms. The van der Waals surface area contributed by atoms with E-state index in [0.717, 1.165) is 12.3 Å². The maximum Gasteiger partial charge on any atom is 0.0808 e. The van der Waals surface area contributed by atoms with Gasteiger partial charge in [0.1, 0.15) is 0 Å². The van der Waals surface area contributed by atoms with Gasteiger partial charge in [0, 0.05) is 24.1 Å². The molecule has 1 aliphatic rings. The summed E-state index contributed by atoms with van der Waals surface area (Å²) in [5.74, 6) is 2.96. The number of hydrogen-bond donors (Lipinski definition) is 0. The molecule has 1 atom stereocenters. The summed E-state index contributed by atoms with van der Waals surface area (Å²) in [4.78, 5) is 2.57. The molecule has 0 N–H and O–H groups in total. The Labute approximate surface area is 124 Å². The number of hydrogen-bond acceptors (Lipinski definition) is 4. The molecule has 0 unspecified atom stereocenters. The van der Waals surface area contributed by atoms with Crippen molar-refractivity contribution in [3.63, 3.8) is 0 Å². The zero-order valence-corrected chi connectivity index (χ0v) is 12.8. The molecule has 0 aliphatic carbocycles. The minimum Gasteiger partial charge on any atom is -0.301 e. The fraction of sp³-hybridized carbons (Fsp3) is 0.533. The first kappa shape index (κ1) is 14.8. The standard InChI is InChI=1S/C15H20N2S2/c16-7-11-18-10-4-8-17-9-12-19-15(13-17)14-5-2-1-3-6-14/h1-3,5-6,15H,4,8-13H2/t15-/m1/s1. The topological polar surface area (TPSA) is 27.0 Å². The van der Waals surface area contributed by atoms with Gasteiger partial charge in [-0.1, -0.05) is 30.3 Å². The van der Waals surface area contributed by atoms with Gasteiger partial charge in [-0.05, 0) is 24.3 Å². The van der Waals surface area contributed by atoms with Crippen LogP contribution >= 0.6 is 23.5 Å². The van der Waals surface area contributed by atoms with Crippen molar-refractivity contribution in [1.29, 1.82) is 5.26 Å². The van der Waals surface area contributed by atoms with Gasteiger partial charge in [-0.2, -0.15) is 17.0 Å². The summed E-state index contributed by atoms with van der Waals surface area (Å²) in [6.07, 6.45) is 1.19. The summed E-state index contributed by atoms with van der Waals surface area (Å²) < 4.78 is 0. The van der Waals surface area contributed by atoms with Gasteiger partial charge in [-0.15, -0.1) is 11.8 Å². The number of rotatable bonds is 6. The first-order chi connectivity index (χ1) is 9.40. The largest absolute Gasteiger partial charge is 0.301 e. The zero-order chi connectivity index (χ0) is 13.3. The summed E-state index contributed by atoms with van der Waals surface area (Å²) in [7, 11) is 0. The molecule has 0 amide bonds. The van der Waals surface area contributed by atoms with Gasteiger partial charge in [-0.25, -0.2) is 0 Å². The Morgan fingerprint density at radius 1 is 1.37 bits per heavy atom. The quantitative estimate of drug-likeness (QED) is 0.751. The Balaban J connectivity index is 1.73. The molecule has 19 heavy (non-hydrogen) atoms. The highest BCUT2D eigenvalue weighted by Crippen LogP contribution is 2.32. The molecule has 2 rings (SSSR count). The molecule has 1 aliphatic heterocycles. The molecule has 1 saturated heterocycles. The van der Waals surface area contributed by atoms with E-state index in [2.05, 4.69) is 53.1 Å². The van der Waals surface area contributed by atoms with Crippen molar-refractivity contribution in [2.45, 2.75) is 11.7 Å². The predicted octanol–water partition coefficient (Wildman–Crippen LogP) is 3.42. The molecule has 0 saturated carbocycles. The van der Waals surface area contributed by atoms with Gasteiger partial charge < -0.3 is 4.90 Å². The lowest BCUT2D eigenvalue weighted by Crippen LogP contribution is -2.35. The van der Waals surface area contributed by atoms with Gasteiger partial charge in [0.05, 0.1) is 11.8 Å². The van der Waals surface area contributed by atoms with Gasteiger partial charge in [-0.3, -0.25) is 0 Å². The van der Waals surface area contributed by atoms with Crippen molar-refractivity contribution in [1.82, 2.24) is 4.90 Å². The zero-order valence-electron chi connectivity index (χ0n) is 11.1. The molecular weight excluding hydrogens is 272 g/mol. The third-order valence-corrected chi connectivity index (χ3v) is 5.40. The Morgan fingerprint density at radius 3 is 3.00 bits per heavy atom. The lowest BCUT2D eigenvalue weighted by Gasteiger charge is -2.32. The summed E-state index contributed by atoms with van der Waals surface area (Å²) in [5, 5.41) is 9.12. The second kappa shape index (κ2) is 8.52. The van der Waals surface area contributed by atoms with Crippen LogP contribution in [0, 0.1) is 11.3 Å². The number of benzene rings is 1. The fourth-order valence-electron chi connectivity index (χ4n) is 2.28. The van der Waals surface area contributed by atoms with E-state index in [9.17, 15) is 0 Å². The minimum absolute atomic E-state index is 0.627. The Morgan fingerprint density at radius 2 is 2.21 bits per heavy atom. The monoisotopic (exact) mass is 292 g/mol. The van der Waals surface area contributed by atoms with Crippen LogP contribution in [0.15, 0.2) is 30.3 Å². The molecule has 1 fully saturated rings. The van der Waals surface area contributed by atoms with Crippen LogP contribution < -0.4 is 0 Å². The number of nitrogens with zero attached hydrogens (tertiary/aromatic N) is 2. The van der Waals surface area contributed by atoms with Gasteiger partial charge in [0.2, 0.25) is 0 Å². The maximum atomic E-state index is 8.49. The van der Waals surface area contributed by atoms with Crippen molar-refractivity contribution in [2.75, 3.05) is 36.9 Å². The van der Waals surface area contributed by atoms with Crippen molar-refractivity contribution >= 4 is 23.5 Å². The highest BCUT2D eigenvalue weighted by Gasteiger charge is 2.20. The normalized spacial score (nSPS) is 20.1. The highest BCUT2D eigenvalue weighted by molar-refractivity contribution is 7.99. The van der Waals surface area contributed by atoms with Crippen molar-refractivity contribution < 1.29 is 0 Å². The minimum atomic E-state index is 0.627. The van der Waals surface area contributed by atoms with Crippen LogP contribution in [0.3, 0.4) is 0 Å². The Kier molecular flexibility index (Phi) is 6.63. The fourth-order valence-corrected chi connectivity index (χ4v) is 4.17. The average Bonchev–Trinajstić information content (AvgIpc) is 2.48. The van der Waals surface area contributed by atoms with E-state index >= 15 is 0 Å². The molecule has 2 nitrogen and oxygen atoms in total. The van der Waals surface area contributed by atoms with Crippen molar-refractivity contribution in [3.05, 3.63) is 35.9 Å². The Bertz CT molecular complexity index is 402. The second-order valence-electron chi connectivity index (χ2n) is 4.63. The maximum absolute atomic E-state index is 8.49. The second-order valence-corrected chi connectivity index (χ2v) is 7.05. The molecule has 1 aromatic carbocycles. The highest BCUT2D eigenvalue weighted by atomic mass is 32.2. The molecule has 1 heterocycles. The van der Waals surface area contributed by atoms with E-state index < -0.39 is 0 Å². The summed E-state index contributed by atoms with van der Waals surface area (Å²) in [6.45, 7) is 3.54. The molecular formula is C15H20N2S2. The van der Waals surface area contributed by atoms with Gasteiger partial charge >= 0.3 is 0 Å². The summed E-state index contributed by atoms with van der Waals surface area (Å²) in [6, 6.07) is 13.0. The third kappa shape index (κ3) is 5.10. The van der Waals surface area contributed by atoms with Gasteiger partial charge in [0.25, 0.3) is 0 Å². The van der Waals surface area contributed by atoms with Crippen LogP contribution in [0.4, 0.5) is 0 Å².